The van der Waals surface area contributed by atoms with Gasteiger partial charge in [0.2, 0.25) is 0 Å². The lowest BCUT2D eigenvalue weighted by molar-refractivity contribution is 0.121. The molecule has 0 bridgehead atoms. The van der Waals surface area contributed by atoms with E-state index < -0.39 is 0 Å². The van der Waals surface area contributed by atoms with Gasteiger partial charge in [0.15, 0.2) is 5.96 Å². The van der Waals surface area contributed by atoms with Gasteiger partial charge in [0, 0.05) is 51.9 Å². The third-order valence-corrected chi connectivity index (χ3v) is 5.77. The average molecular weight is 368 g/mol. The maximum atomic E-state index is 5.19. The first-order valence-corrected chi connectivity index (χ1v) is 10.6. The van der Waals surface area contributed by atoms with E-state index in [1.165, 1.54) is 51.9 Å². The normalized spacial score (nSPS) is 22.1. The van der Waals surface area contributed by atoms with E-state index in [0.29, 0.717) is 18.0 Å². The largest absolute Gasteiger partial charge is 0.383 e. The fourth-order valence-electron chi connectivity index (χ4n) is 3.91. The molecule has 6 heteroatoms. The van der Waals surface area contributed by atoms with Crippen LogP contribution in [0.15, 0.2) is 4.99 Å². The van der Waals surface area contributed by atoms with Crippen molar-refractivity contribution in [2.45, 2.75) is 58.5 Å². The molecule has 2 heterocycles. The highest BCUT2D eigenvalue weighted by atomic mass is 16.5. The number of hydrogen-bond acceptors (Lipinski definition) is 4. The summed E-state index contributed by atoms with van der Waals surface area (Å²) in [5, 5.41) is 7.12. The topological polar surface area (TPSA) is 52.1 Å². The average Bonchev–Trinajstić information content (AvgIpc) is 2.66. The zero-order chi connectivity index (χ0) is 18.8. The highest BCUT2D eigenvalue weighted by molar-refractivity contribution is 5.80. The van der Waals surface area contributed by atoms with E-state index in [1.807, 2.05) is 0 Å². The molecule has 0 aliphatic carbocycles. The van der Waals surface area contributed by atoms with Crippen molar-refractivity contribution in [3.8, 4) is 0 Å². The van der Waals surface area contributed by atoms with Gasteiger partial charge >= 0.3 is 0 Å². The molecule has 2 aliphatic heterocycles. The molecule has 0 radical (unpaired) electrons. The third kappa shape index (κ3) is 7.41. The maximum Gasteiger partial charge on any atom is 0.191 e. The van der Waals surface area contributed by atoms with Gasteiger partial charge in [0.1, 0.15) is 0 Å². The Morgan fingerprint density at radius 2 is 1.81 bits per heavy atom. The van der Waals surface area contributed by atoms with Crippen LogP contribution in [-0.4, -0.2) is 87.4 Å². The second kappa shape index (κ2) is 11.8. The quantitative estimate of drug-likeness (QED) is 0.506. The highest BCUT2D eigenvalue weighted by Gasteiger charge is 2.22. The second-order valence-electron chi connectivity index (χ2n) is 8.05. The van der Waals surface area contributed by atoms with Crippen LogP contribution in [0.4, 0.5) is 0 Å². The Morgan fingerprint density at radius 1 is 1.12 bits per heavy atom. The third-order valence-electron chi connectivity index (χ3n) is 5.77. The number of guanidine groups is 1. The molecule has 2 fully saturated rings. The van der Waals surface area contributed by atoms with Crippen LogP contribution in [0.5, 0.6) is 0 Å². The number of nitrogens with zero attached hydrogens (tertiary/aromatic N) is 3. The van der Waals surface area contributed by atoms with E-state index in [9.17, 15) is 0 Å². The van der Waals surface area contributed by atoms with Gasteiger partial charge in [0.25, 0.3) is 0 Å². The predicted molar refractivity (Wildman–Crippen MR) is 110 cm³/mol. The maximum absolute atomic E-state index is 5.19. The summed E-state index contributed by atoms with van der Waals surface area (Å²) in [6, 6.07) is 1.21. The summed E-state index contributed by atoms with van der Waals surface area (Å²) in [5.41, 5.74) is 0. The van der Waals surface area contributed by atoms with Gasteiger partial charge in [-0.25, -0.2) is 0 Å². The number of hydrogen-bond donors (Lipinski definition) is 2. The molecule has 0 atom stereocenters. The van der Waals surface area contributed by atoms with E-state index in [4.69, 9.17) is 9.73 Å². The Balaban J connectivity index is 1.73. The van der Waals surface area contributed by atoms with E-state index in [2.05, 4.69) is 41.2 Å². The number of ether oxygens (including phenoxy) is 1. The molecular formula is C20H41N5O. The molecule has 2 rings (SSSR count). The molecule has 2 N–H and O–H groups in total. The first-order valence-electron chi connectivity index (χ1n) is 10.6. The van der Waals surface area contributed by atoms with Gasteiger partial charge in [-0.1, -0.05) is 0 Å². The van der Waals surface area contributed by atoms with Crippen molar-refractivity contribution in [2.24, 2.45) is 10.9 Å². The summed E-state index contributed by atoms with van der Waals surface area (Å²) >= 11 is 0. The van der Waals surface area contributed by atoms with Crippen molar-refractivity contribution in [3.63, 3.8) is 0 Å². The van der Waals surface area contributed by atoms with Gasteiger partial charge in [-0.05, 0) is 65.5 Å². The number of rotatable bonds is 8. The van der Waals surface area contributed by atoms with Gasteiger partial charge in [-0.2, -0.15) is 0 Å². The van der Waals surface area contributed by atoms with Crippen LogP contribution in [0.3, 0.4) is 0 Å². The van der Waals surface area contributed by atoms with Gasteiger partial charge in [-0.15, -0.1) is 0 Å². The molecule has 0 unspecified atom stereocenters. The number of likely N-dealkylation sites (tertiary alicyclic amines) is 2. The molecule has 0 aromatic carbocycles. The van der Waals surface area contributed by atoms with E-state index in [1.54, 1.807) is 7.11 Å². The SMILES string of the molecule is CCNC(=NCC1CCN(CCOC)CC1)NC1CCN(C(C)C)CC1. The summed E-state index contributed by atoms with van der Waals surface area (Å²) in [7, 11) is 1.78. The van der Waals surface area contributed by atoms with Crippen molar-refractivity contribution >= 4 is 5.96 Å². The first kappa shape index (κ1) is 21.5. The Bertz CT molecular complexity index is 399. The zero-order valence-corrected chi connectivity index (χ0v) is 17.5. The highest BCUT2D eigenvalue weighted by Crippen LogP contribution is 2.17. The zero-order valence-electron chi connectivity index (χ0n) is 17.5. The van der Waals surface area contributed by atoms with Gasteiger partial charge < -0.3 is 25.2 Å². The van der Waals surface area contributed by atoms with Gasteiger partial charge in [-0.3, -0.25) is 4.99 Å². The lowest BCUT2D eigenvalue weighted by atomic mass is 9.97. The van der Waals surface area contributed by atoms with Crippen molar-refractivity contribution in [2.75, 3.05) is 59.5 Å². The van der Waals surface area contributed by atoms with Crippen molar-refractivity contribution < 1.29 is 4.74 Å². The molecule has 6 nitrogen and oxygen atoms in total. The molecule has 0 aromatic heterocycles. The Morgan fingerprint density at radius 3 is 2.38 bits per heavy atom. The predicted octanol–water partition coefficient (Wildman–Crippen LogP) is 1.77. The van der Waals surface area contributed by atoms with E-state index in [0.717, 1.165) is 32.2 Å². The minimum atomic E-state index is 0.554. The molecule has 0 amide bonds. The monoisotopic (exact) mass is 367 g/mol. The Hall–Kier alpha value is -0.850. The first-order chi connectivity index (χ1) is 12.6. The standard InChI is InChI=1S/C20H41N5O/c1-5-21-20(23-19-8-12-25(13-9-19)17(2)3)22-16-18-6-10-24(11-7-18)14-15-26-4/h17-19H,5-16H2,1-4H3,(H2,21,22,23). The van der Waals surface area contributed by atoms with Crippen LogP contribution in [0.25, 0.3) is 0 Å². The molecule has 0 aromatic rings. The molecule has 0 spiro atoms. The van der Waals surface area contributed by atoms with Crippen LogP contribution in [0, 0.1) is 5.92 Å². The van der Waals surface area contributed by atoms with Crippen LogP contribution < -0.4 is 10.6 Å². The lowest BCUT2D eigenvalue weighted by Gasteiger charge is -2.35. The molecule has 26 heavy (non-hydrogen) atoms. The molecule has 2 saturated heterocycles. The number of nitrogens with one attached hydrogen (secondary N) is 2. The second-order valence-corrected chi connectivity index (χ2v) is 8.05. The molecule has 152 valence electrons. The van der Waals surface area contributed by atoms with Crippen molar-refractivity contribution in [3.05, 3.63) is 0 Å². The minimum Gasteiger partial charge on any atom is -0.383 e. The lowest BCUT2D eigenvalue weighted by Crippen LogP contribution is -2.50. The van der Waals surface area contributed by atoms with Crippen LogP contribution in [0.1, 0.15) is 46.5 Å². The van der Waals surface area contributed by atoms with Crippen LogP contribution in [-0.2, 0) is 4.74 Å². The van der Waals surface area contributed by atoms with Crippen LogP contribution in [0.2, 0.25) is 0 Å². The minimum absolute atomic E-state index is 0.554. The summed E-state index contributed by atoms with van der Waals surface area (Å²) < 4.78 is 5.19. The summed E-state index contributed by atoms with van der Waals surface area (Å²) in [6.07, 6.45) is 4.92. The van der Waals surface area contributed by atoms with Crippen LogP contribution >= 0.6 is 0 Å². The fraction of sp³-hybridized carbons (Fsp3) is 0.950. The number of aliphatic imine (C=N–C) groups is 1. The Labute approximate surface area is 160 Å². The molecular weight excluding hydrogens is 326 g/mol. The summed E-state index contributed by atoms with van der Waals surface area (Å²) in [5.74, 6) is 1.73. The summed E-state index contributed by atoms with van der Waals surface area (Å²) in [4.78, 5) is 9.99. The molecule has 0 saturated carbocycles. The molecule has 2 aliphatic rings. The Kier molecular flexibility index (Phi) is 9.72. The number of methoxy groups -OCH3 is 1. The number of piperidine rings is 2. The van der Waals surface area contributed by atoms with E-state index in [-0.39, 0.29) is 0 Å². The fourth-order valence-corrected chi connectivity index (χ4v) is 3.91. The van der Waals surface area contributed by atoms with Gasteiger partial charge in [0.05, 0.1) is 6.61 Å². The van der Waals surface area contributed by atoms with Crippen molar-refractivity contribution in [1.29, 1.82) is 0 Å². The van der Waals surface area contributed by atoms with E-state index >= 15 is 0 Å². The van der Waals surface area contributed by atoms with Crippen molar-refractivity contribution in [1.82, 2.24) is 20.4 Å². The summed E-state index contributed by atoms with van der Waals surface area (Å²) in [6.45, 7) is 15.2. The smallest absolute Gasteiger partial charge is 0.191 e.